The number of benzene rings is 3. The number of rotatable bonds is 3. The van der Waals surface area contributed by atoms with Gasteiger partial charge in [-0.3, -0.25) is 9.59 Å². The van der Waals surface area contributed by atoms with Crippen LogP contribution >= 0.6 is 11.6 Å². The Hall–Kier alpha value is -3.57. The summed E-state index contributed by atoms with van der Waals surface area (Å²) in [5.74, 6) is -0.243. The summed E-state index contributed by atoms with van der Waals surface area (Å²) in [6, 6.07) is 21.8. The van der Waals surface area contributed by atoms with E-state index >= 15 is 0 Å². The Kier molecular flexibility index (Phi) is 4.11. The second-order valence-electron chi connectivity index (χ2n) is 6.82. The van der Waals surface area contributed by atoms with Crippen LogP contribution in [0.3, 0.4) is 0 Å². The Morgan fingerprint density at radius 1 is 1.00 bits per heavy atom. The summed E-state index contributed by atoms with van der Waals surface area (Å²) in [6.45, 7) is 0.496. The Labute approximate surface area is 171 Å². The van der Waals surface area contributed by atoms with Gasteiger partial charge in [-0.1, -0.05) is 48.0 Å². The quantitative estimate of drug-likeness (QED) is 0.492. The van der Waals surface area contributed by atoms with E-state index in [2.05, 4.69) is 5.32 Å². The van der Waals surface area contributed by atoms with Gasteiger partial charge in [-0.15, -0.1) is 0 Å². The van der Waals surface area contributed by atoms with Crippen molar-refractivity contribution in [1.29, 1.82) is 0 Å². The van der Waals surface area contributed by atoms with E-state index in [0.717, 1.165) is 10.9 Å². The van der Waals surface area contributed by atoms with Crippen LogP contribution in [-0.4, -0.2) is 11.8 Å². The number of carbonyl (C=O) groups excluding carboxylic acids is 2. The fraction of sp³-hybridized carbons (Fsp3) is 0.0435. The third kappa shape index (κ3) is 3.05. The largest absolute Gasteiger partial charge is 0.451 e. The number of anilines is 2. The number of nitrogens with zero attached hydrogens (tertiary/aromatic N) is 1. The molecule has 0 atom stereocenters. The molecule has 1 aromatic heterocycles. The Morgan fingerprint density at radius 3 is 2.59 bits per heavy atom. The second kappa shape index (κ2) is 6.79. The first-order chi connectivity index (χ1) is 14.1. The number of halogens is 1. The molecule has 6 heteroatoms. The maximum atomic E-state index is 12.6. The van der Waals surface area contributed by atoms with E-state index < -0.39 is 0 Å². The minimum absolute atomic E-state index is 0.0595. The average Bonchev–Trinajstić information content (AvgIpc) is 3.31. The molecular formula is C23H15ClN2O3. The second-order valence-corrected chi connectivity index (χ2v) is 7.22. The van der Waals surface area contributed by atoms with Crippen LogP contribution < -0.4 is 10.2 Å². The highest BCUT2D eigenvalue weighted by atomic mass is 35.5. The van der Waals surface area contributed by atoms with E-state index in [1.807, 2.05) is 42.5 Å². The highest BCUT2D eigenvalue weighted by Gasteiger charge is 2.28. The van der Waals surface area contributed by atoms with Crippen LogP contribution in [0.5, 0.6) is 0 Å². The zero-order valence-electron chi connectivity index (χ0n) is 15.2. The summed E-state index contributed by atoms with van der Waals surface area (Å²) in [4.78, 5) is 26.9. The highest BCUT2D eigenvalue weighted by Crippen LogP contribution is 2.33. The molecule has 0 fully saturated rings. The lowest BCUT2D eigenvalue weighted by molar-refractivity contribution is 0.0989. The molecule has 5 rings (SSSR count). The number of nitrogens with one attached hydrogen (secondary N) is 1. The maximum absolute atomic E-state index is 12.6. The van der Waals surface area contributed by atoms with Gasteiger partial charge in [-0.25, -0.2) is 0 Å². The molecule has 0 saturated carbocycles. The Morgan fingerprint density at radius 2 is 1.79 bits per heavy atom. The molecule has 29 heavy (non-hydrogen) atoms. The first-order valence-corrected chi connectivity index (χ1v) is 9.47. The molecule has 1 aliphatic rings. The maximum Gasteiger partial charge on any atom is 0.291 e. The monoisotopic (exact) mass is 402 g/mol. The summed E-state index contributed by atoms with van der Waals surface area (Å²) in [7, 11) is 0. The molecule has 0 unspecified atom stereocenters. The number of hydrogen-bond donors (Lipinski definition) is 1. The van der Waals surface area contributed by atoms with Crippen molar-refractivity contribution in [3.8, 4) is 0 Å². The Bertz CT molecular complexity index is 1250. The van der Waals surface area contributed by atoms with Gasteiger partial charge in [0.1, 0.15) is 5.58 Å². The third-order valence-electron chi connectivity index (χ3n) is 4.98. The zero-order valence-corrected chi connectivity index (χ0v) is 15.9. The van der Waals surface area contributed by atoms with E-state index in [9.17, 15) is 9.59 Å². The first kappa shape index (κ1) is 17.5. The van der Waals surface area contributed by atoms with E-state index in [0.29, 0.717) is 34.1 Å². The first-order valence-electron chi connectivity index (χ1n) is 9.09. The van der Waals surface area contributed by atoms with Gasteiger partial charge in [-0.05, 0) is 42.0 Å². The number of para-hydroxylation sites is 1. The Balaban J connectivity index is 1.37. The lowest BCUT2D eigenvalue weighted by Gasteiger charge is -2.17. The van der Waals surface area contributed by atoms with Crippen molar-refractivity contribution in [2.24, 2.45) is 0 Å². The minimum atomic E-state index is -0.388. The van der Waals surface area contributed by atoms with Gasteiger partial charge in [0.25, 0.3) is 11.8 Å². The summed E-state index contributed by atoms with van der Waals surface area (Å²) in [5.41, 5.74) is 3.45. The predicted molar refractivity (Wildman–Crippen MR) is 113 cm³/mol. The molecule has 0 aliphatic carbocycles. The SMILES string of the molecule is O=C(Nc1ccc(N2Cc3ccccc3C2=O)cc1Cl)c1cc2ccccc2o1. The smallest absolute Gasteiger partial charge is 0.291 e. The molecule has 1 aliphatic heterocycles. The highest BCUT2D eigenvalue weighted by molar-refractivity contribution is 6.34. The van der Waals surface area contributed by atoms with Crippen molar-refractivity contribution in [2.75, 3.05) is 10.2 Å². The van der Waals surface area contributed by atoms with Crippen molar-refractivity contribution in [3.63, 3.8) is 0 Å². The number of hydrogen-bond acceptors (Lipinski definition) is 3. The van der Waals surface area contributed by atoms with Crippen molar-refractivity contribution in [2.45, 2.75) is 6.54 Å². The fourth-order valence-electron chi connectivity index (χ4n) is 3.51. The number of amides is 2. The van der Waals surface area contributed by atoms with Crippen molar-refractivity contribution < 1.29 is 14.0 Å². The summed E-state index contributed by atoms with van der Waals surface area (Å²) in [6.07, 6.45) is 0. The van der Waals surface area contributed by atoms with Crippen LogP contribution in [0.1, 0.15) is 26.5 Å². The zero-order chi connectivity index (χ0) is 20.0. The van der Waals surface area contributed by atoms with Crippen LogP contribution in [0.4, 0.5) is 11.4 Å². The fourth-order valence-corrected chi connectivity index (χ4v) is 3.74. The van der Waals surface area contributed by atoms with Gasteiger partial charge in [0.05, 0.1) is 17.3 Å². The van der Waals surface area contributed by atoms with Gasteiger partial charge in [0.2, 0.25) is 0 Å². The van der Waals surface area contributed by atoms with Crippen LogP contribution in [0.15, 0.2) is 77.2 Å². The van der Waals surface area contributed by atoms with Crippen LogP contribution in [-0.2, 0) is 6.54 Å². The van der Waals surface area contributed by atoms with Crippen LogP contribution in [0.2, 0.25) is 5.02 Å². The number of fused-ring (bicyclic) bond motifs is 2. The molecule has 142 valence electrons. The molecule has 4 aromatic rings. The number of furan rings is 1. The van der Waals surface area contributed by atoms with Gasteiger partial charge < -0.3 is 14.6 Å². The van der Waals surface area contributed by atoms with Gasteiger partial charge >= 0.3 is 0 Å². The molecule has 3 aromatic carbocycles. The summed E-state index contributed by atoms with van der Waals surface area (Å²) in [5, 5.41) is 3.96. The van der Waals surface area contributed by atoms with E-state index in [1.54, 1.807) is 35.2 Å². The van der Waals surface area contributed by atoms with Gasteiger partial charge in [0, 0.05) is 16.6 Å². The van der Waals surface area contributed by atoms with Gasteiger partial charge in [0.15, 0.2) is 5.76 Å². The third-order valence-corrected chi connectivity index (χ3v) is 5.30. The minimum Gasteiger partial charge on any atom is -0.451 e. The molecule has 0 radical (unpaired) electrons. The van der Waals surface area contributed by atoms with Crippen LogP contribution in [0, 0.1) is 0 Å². The topological polar surface area (TPSA) is 62.6 Å². The number of carbonyl (C=O) groups is 2. The molecule has 5 nitrogen and oxygen atoms in total. The molecule has 0 bridgehead atoms. The summed E-state index contributed by atoms with van der Waals surface area (Å²) < 4.78 is 5.59. The van der Waals surface area contributed by atoms with Gasteiger partial charge in [-0.2, -0.15) is 0 Å². The predicted octanol–water partition coefficient (Wildman–Crippen LogP) is 5.50. The lowest BCUT2D eigenvalue weighted by Crippen LogP contribution is -2.23. The molecular weight excluding hydrogens is 388 g/mol. The average molecular weight is 403 g/mol. The molecule has 0 saturated heterocycles. The van der Waals surface area contributed by atoms with Crippen molar-refractivity contribution >= 4 is 45.8 Å². The summed E-state index contributed by atoms with van der Waals surface area (Å²) >= 11 is 6.39. The van der Waals surface area contributed by atoms with E-state index in [1.165, 1.54) is 0 Å². The molecule has 2 heterocycles. The standard InChI is InChI=1S/C23H15ClN2O3/c24-18-12-16(26-13-15-6-1-3-7-17(15)23(26)28)9-10-19(18)25-22(27)21-11-14-5-2-4-8-20(14)29-21/h1-12H,13H2,(H,25,27). The van der Waals surface area contributed by atoms with E-state index in [-0.39, 0.29) is 17.6 Å². The van der Waals surface area contributed by atoms with Crippen LogP contribution in [0.25, 0.3) is 11.0 Å². The van der Waals surface area contributed by atoms with E-state index in [4.69, 9.17) is 16.0 Å². The normalized spacial score (nSPS) is 13.0. The lowest BCUT2D eigenvalue weighted by atomic mass is 10.1. The molecule has 1 N–H and O–H groups in total. The molecule has 0 spiro atoms. The van der Waals surface area contributed by atoms with Crippen molar-refractivity contribution in [1.82, 2.24) is 0 Å². The molecule has 2 amide bonds. The van der Waals surface area contributed by atoms with Crippen molar-refractivity contribution in [3.05, 3.63) is 94.7 Å².